The minimum absolute atomic E-state index is 0.238. The maximum atomic E-state index is 9.72. The van der Waals surface area contributed by atoms with Crippen molar-refractivity contribution in [3.63, 3.8) is 0 Å². The van der Waals surface area contributed by atoms with Crippen LogP contribution in [0, 0.1) is 5.92 Å². The van der Waals surface area contributed by atoms with Gasteiger partial charge >= 0.3 is 0 Å². The average molecular weight is 218 g/mol. The minimum Gasteiger partial charge on any atom is -0.470 e. The summed E-state index contributed by atoms with van der Waals surface area (Å²) in [6, 6.07) is 0. The summed E-state index contributed by atoms with van der Waals surface area (Å²) in [6.45, 7) is 2.48. The Kier molecular flexibility index (Phi) is 4.10. The highest BCUT2D eigenvalue weighted by Gasteiger charge is 2.28. The largest absolute Gasteiger partial charge is 0.470 e. The number of hydrogen-bond donors (Lipinski definition) is 3. The van der Waals surface area contributed by atoms with Gasteiger partial charge in [-0.1, -0.05) is 0 Å². The van der Waals surface area contributed by atoms with Gasteiger partial charge in [-0.3, -0.25) is 5.43 Å². The van der Waals surface area contributed by atoms with Gasteiger partial charge in [0.1, 0.15) is 0 Å². The van der Waals surface area contributed by atoms with Crippen molar-refractivity contribution in [2.24, 2.45) is 11.8 Å². The third kappa shape index (κ3) is 3.77. The highest BCUT2D eigenvalue weighted by molar-refractivity contribution is 7.80. The van der Waals surface area contributed by atoms with Crippen molar-refractivity contribution >= 4 is 17.4 Å². The van der Waals surface area contributed by atoms with Crippen molar-refractivity contribution in [3.8, 4) is 0 Å². The van der Waals surface area contributed by atoms with E-state index in [0.29, 0.717) is 12.5 Å². The summed E-state index contributed by atoms with van der Waals surface area (Å²) in [5.41, 5.74) is 1.80. The molecule has 0 atom stereocenters. The molecule has 0 aromatic carbocycles. The SMILES string of the molecule is CC1(O)CCC(COC(=S)NN)CC1. The third-order valence-corrected chi connectivity index (χ3v) is 2.99. The Bertz CT molecular complexity index is 199. The predicted octanol–water partition coefficient (Wildman–Crippen LogP) is 0.692. The second-order valence-electron chi connectivity index (χ2n) is 4.18. The molecule has 5 heteroatoms. The predicted molar refractivity (Wildman–Crippen MR) is 58.5 cm³/mol. The standard InChI is InChI=1S/C9H18N2O2S/c1-9(12)4-2-7(3-5-9)6-13-8(14)11-10/h7,12H,2-6,10H2,1H3,(H,11,14). The van der Waals surface area contributed by atoms with Gasteiger partial charge in [0.25, 0.3) is 5.17 Å². The molecular formula is C9H18N2O2S. The molecule has 0 bridgehead atoms. The zero-order chi connectivity index (χ0) is 10.6. The van der Waals surface area contributed by atoms with Gasteiger partial charge in [-0.2, -0.15) is 0 Å². The normalized spacial score (nSPS) is 32.4. The van der Waals surface area contributed by atoms with E-state index in [1.54, 1.807) is 0 Å². The van der Waals surface area contributed by atoms with Crippen molar-refractivity contribution in [2.75, 3.05) is 6.61 Å². The summed E-state index contributed by atoms with van der Waals surface area (Å²) in [6.07, 6.45) is 3.65. The fourth-order valence-electron chi connectivity index (χ4n) is 1.70. The molecule has 0 unspecified atom stereocenters. The summed E-state index contributed by atoms with van der Waals surface area (Å²) >= 11 is 4.76. The van der Waals surface area contributed by atoms with Crippen LogP contribution in [0.5, 0.6) is 0 Å². The van der Waals surface area contributed by atoms with E-state index in [9.17, 15) is 5.11 Å². The number of nitrogens with two attached hydrogens (primary N) is 1. The molecule has 1 fully saturated rings. The van der Waals surface area contributed by atoms with E-state index < -0.39 is 5.60 Å². The van der Waals surface area contributed by atoms with Gasteiger partial charge in [-0.15, -0.1) is 0 Å². The Labute approximate surface area is 89.8 Å². The summed E-state index contributed by atoms with van der Waals surface area (Å²) < 4.78 is 5.21. The lowest BCUT2D eigenvalue weighted by Gasteiger charge is -2.32. The molecule has 14 heavy (non-hydrogen) atoms. The van der Waals surface area contributed by atoms with E-state index in [1.165, 1.54) is 0 Å². The molecule has 1 aliphatic carbocycles. The van der Waals surface area contributed by atoms with E-state index in [0.717, 1.165) is 25.7 Å². The quantitative estimate of drug-likeness (QED) is 0.361. The van der Waals surface area contributed by atoms with E-state index in [2.05, 4.69) is 5.43 Å². The molecule has 0 heterocycles. The molecule has 0 amide bonds. The summed E-state index contributed by atoms with van der Waals surface area (Å²) in [5, 5.41) is 9.96. The van der Waals surface area contributed by atoms with Gasteiger partial charge in [0.15, 0.2) is 0 Å². The fourth-order valence-corrected chi connectivity index (χ4v) is 1.77. The molecule has 0 radical (unpaired) electrons. The highest BCUT2D eigenvalue weighted by atomic mass is 32.1. The van der Waals surface area contributed by atoms with Crippen LogP contribution in [-0.4, -0.2) is 22.5 Å². The van der Waals surface area contributed by atoms with Gasteiger partial charge in [0, 0.05) is 0 Å². The molecule has 1 saturated carbocycles. The molecule has 1 rings (SSSR count). The Morgan fingerprint density at radius 1 is 1.64 bits per heavy atom. The number of nitrogens with one attached hydrogen (secondary N) is 1. The molecule has 4 nitrogen and oxygen atoms in total. The van der Waals surface area contributed by atoms with Crippen molar-refractivity contribution in [3.05, 3.63) is 0 Å². The average Bonchev–Trinajstić information content (AvgIpc) is 2.16. The lowest BCUT2D eigenvalue weighted by molar-refractivity contribution is 0.000688. The van der Waals surface area contributed by atoms with Crippen LogP contribution in [0.1, 0.15) is 32.6 Å². The molecule has 82 valence electrons. The Morgan fingerprint density at radius 3 is 2.71 bits per heavy atom. The van der Waals surface area contributed by atoms with E-state index in [4.69, 9.17) is 22.8 Å². The molecule has 0 aliphatic heterocycles. The molecular weight excluding hydrogens is 200 g/mol. The molecule has 0 spiro atoms. The van der Waals surface area contributed by atoms with Crippen molar-refractivity contribution in [1.29, 1.82) is 0 Å². The van der Waals surface area contributed by atoms with Crippen LogP contribution in [-0.2, 0) is 4.74 Å². The number of rotatable bonds is 2. The first kappa shape index (κ1) is 11.7. The number of aliphatic hydroxyl groups is 1. The zero-order valence-corrected chi connectivity index (χ0v) is 9.27. The van der Waals surface area contributed by atoms with Crippen molar-refractivity contribution in [1.82, 2.24) is 5.43 Å². The molecule has 4 N–H and O–H groups in total. The lowest BCUT2D eigenvalue weighted by Crippen LogP contribution is -2.35. The number of hydrazine groups is 1. The summed E-state index contributed by atoms with van der Waals surface area (Å²) in [5.74, 6) is 5.56. The molecule has 0 saturated heterocycles. The van der Waals surface area contributed by atoms with Crippen LogP contribution in [0.15, 0.2) is 0 Å². The number of hydrogen-bond acceptors (Lipinski definition) is 4. The molecule has 0 aromatic rings. The first-order chi connectivity index (χ1) is 6.53. The van der Waals surface area contributed by atoms with Gasteiger partial charge < -0.3 is 9.84 Å². The van der Waals surface area contributed by atoms with Gasteiger partial charge in [-0.25, -0.2) is 5.84 Å². The monoisotopic (exact) mass is 218 g/mol. The van der Waals surface area contributed by atoms with Crippen LogP contribution < -0.4 is 11.3 Å². The first-order valence-corrected chi connectivity index (χ1v) is 5.30. The summed E-state index contributed by atoms with van der Waals surface area (Å²) in [7, 11) is 0. The summed E-state index contributed by atoms with van der Waals surface area (Å²) in [4.78, 5) is 0. The minimum atomic E-state index is -0.483. The van der Waals surface area contributed by atoms with Crippen molar-refractivity contribution < 1.29 is 9.84 Å². The lowest BCUT2D eigenvalue weighted by atomic mass is 9.80. The smallest absolute Gasteiger partial charge is 0.271 e. The maximum absolute atomic E-state index is 9.72. The highest BCUT2D eigenvalue weighted by Crippen LogP contribution is 2.31. The molecule has 1 aliphatic rings. The second kappa shape index (κ2) is 4.91. The zero-order valence-electron chi connectivity index (χ0n) is 8.45. The number of ether oxygens (including phenoxy) is 1. The van der Waals surface area contributed by atoms with Crippen LogP contribution >= 0.6 is 12.2 Å². The van der Waals surface area contributed by atoms with Crippen LogP contribution in [0.2, 0.25) is 0 Å². The first-order valence-electron chi connectivity index (χ1n) is 4.89. The number of thiocarbonyl (C=S) groups is 1. The molecule has 0 aromatic heterocycles. The Hall–Kier alpha value is -0.390. The maximum Gasteiger partial charge on any atom is 0.271 e. The Morgan fingerprint density at radius 2 is 2.21 bits per heavy atom. The van der Waals surface area contributed by atoms with Crippen LogP contribution in [0.4, 0.5) is 0 Å². The van der Waals surface area contributed by atoms with Gasteiger partial charge in [0.2, 0.25) is 0 Å². The van der Waals surface area contributed by atoms with Crippen molar-refractivity contribution in [2.45, 2.75) is 38.2 Å². The topological polar surface area (TPSA) is 67.5 Å². The third-order valence-electron chi connectivity index (χ3n) is 2.75. The van der Waals surface area contributed by atoms with E-state index in [1.807, 2.05) is 6.92 Å². The van der Waals surface area contributed by atoms with Gasteiger partial charge in [-0.05, 0) is 50.7 Å². The van der Waals surface area contributed by atoms with Gasteiger partial charge in [0.05, 0.1) is 12.2 Å². The van der Waals surface area contributed by atoms with E-state index >= 15 is 0 Å². The Balaban J connectivity index is 2.19. The van der Waals surface area contributed by atoms with E-state index in [-0.39, 0.29) is 5.17 Å². The van der Waals surface area contributed by atoms with Crippen LogP contribution in [0.25, 0.3) is 0 Å². The van der Waals surface area contributed by atoms with Crippen LogP contribution in [0.3, 0.4) is 0 Å². The second-order valence-corrected chi connectivity index (χ2v) is 4.55. The fraction of sp³-hybridized carbons (Fsp3) is 0.889.